The number of primary amides is 1. The summed E-state index contributed by atoms with van der Waals surface area (Å²) >= 11 is 0. The number of aliphatic carboxylic acids is 2. The van der Waals surface area contributed by atoms with E-state index in [0.717, 1.165) is 12.1 Å². The molecule has 1 aliphatic rings. The Morgan fingerprint density at radius 1 is 1.05 bits per heavy atom. The number of anilines is 1. The third kappa shape index (κ3) is 7.36. The topological polar surface area (TPSA) is 189 Å². The summed E-state index contributed by atoms with van der Waals surface area (Å²) in [6.07, 6.45) is -4.46. The summed E-state index contributed by atoms with van der Waals surface area (Å²) < 4.78 is 43.9. The van der Waals surface area contributed by atoms with Crippen LogP contribution >= 0.6 is 0 Å². The van der Waals surface area contributed by atoms with Crippen LogP contribution in [-0.4, -0.2) is 68.6 Å². The van der Waals surface area contributed by atoms with E-state index in [4.69, 9.17) is 30.1 Å². The lowest BCUT2D eigenvalue weighted by atomic mass is 10.0. The second kappa shape index (κ2) is 11.5. The van der Waals surface area contributed by atoms with Crippen molar-refractivity contribution in [2.45, 2.75) is 12.1 Å². The van der Waals surface area contributed by atoms with Crippen molar-refractivity contribution < 1.29 is 47.1 Å². The SMILES string of the molecule is NC(=O)c1ccc(NC(=O)CN2CC(c3nc(-c4cccc(C(F)(F)F)c4)no3)C2)cc1.O=C(O)C(=O)O. The largest absolute Gasteiger partial charge is 0.473 e. The van der Waals surface area contributed by atoms with Gasteiger partial charge >= 0.3 is 18.1 Å². The summed E-state index contributed by atoms with van der Waals surface area (Å²) in [5, 5.41) is 21.3. The van der Waals surface area contributed by atoms with Crippen LogP contribution in [0.5, 0.6) is 0 Å². The molecule has 12 nitrogen and oxygen atoms in total. The fraction of sp³-hybridized carbons (Fsp3) is 0.217. The number of halogens is 3. The van der Waals surface area contributed by atoms with Crippen molar-refractivity contribution in [1.29, 1.82) is 0 Å². The zero-order valence-corrected chi connectivity index (χ0v) is 19.3. The molecule has 0 saturated carbocycles. The number of carbonyl (C=O) groups excluding carboxylic acids is 2. The number of aromatic nitrogens is 2. The second-order valence-corrected chi connectivity index (χ2v) is 8.03. The van der Waals surface area contributed by atoms with Gasteiger partial charge in [-0.05, 0) is 36.4 Å². The van der Waals surface area contributed by atoms with Gasteiger partial charge in [-0.3, -0.25) is 14.5 Å². The molecule has 2 heterocycles. The predicted molar refractivity (Wildman–Crippen MR) is 123 cm³/mol. The third-order valence-electron chi connectivity index (χ3n) is 5.20. The van der Waals surface area contributed by atoms with Gasteiger partial charge in [0.15, 0.2) is 0 Å². The van der Waals surface area contributed by atoms with E-state index < -0.39 is 29.6 Å². The zero-order chi connectivity index (χ0) is 28.0. The van der Waals surface area contributed by atoms with Gasteiger partial charge in [-0.2, -0.15) is 18.2 Å². The Bertz CT molecular complexity index is 1320. The highest BCUT2D eigenvalue weighted by molar-refractivity contribution is 6.27. The van der Waals surface area contributed by atoms with Crippen molar-refractivity contribution in [3.05, 3.63) is 65.5 Å². The minimum absolute atomic E-state index is 0.0849. The first-order chi connectivity index (χ1) is 17.8. The van der Waals surface area contributed by atoms with E-state index in [0.29, 0.717) is 30.2 Å². The molecule has 0 atom stereocenters. The molecule has 5 N–H and O–H groups in total. The fourth-order valence-corrected chi connectivity index (χ4v) is 3.33. The lowest BCUT2D eigenvalue weighted by molar-refractivity contribution is -0.159. The first-order valence-corrected chi connectivity index (χ1v) is 10.7. The van der Waals surface area contributed by atoms with Crippen molar-refractivity contribution in [2.24, 2.45) is 5.73 Å². The van der Waals surface area contributed by atoms with Gasteiger partial charge < -0.3 is 25.8 Å². The number of carboxylic acid groups (broad SMARTS) is 2. The Hall–Kier alpha value is -4.79. The van der Waals surface area contributed by atoms with Gasteiger partial charge in [0.2, 0.25) is 23.5 Å². The Morgan fingerprint density at radius 3 is 2.24 bits per heavy atom. The van der Waals surface area contributed by atoms with E-state index in [1.165, 1.54) is 24.3 Å². The molecule has 0 bridgehead atoms. The zero-order valence-electron chi connectivity index (χ0n) is 19.3. The van der Waals surface area contributed by atoms with Crippen LogP contribution in [0, 0.1) is 0 Å². The van der Waals surface area contributed by atoms with Gasteiger partial charge in [-0.1, -0.05) is 17.3 Å². The molecule has 0 aliphatic carbocycles. The minimum atomic E-state index is -4.46. The van der Waals surface area contributed by atoms with Crippen LogP contribution in [-0.2, 0) is 20.6 Å². The number of benzene rings is 2. The Balaban J connectivity index is 0.000000599. The van der Waals surface area contributed by atoms with Crippen LogP contribution in [0.1, 0.15) is 27.7 Å². The number of likely N-dealkylation sites (tertiary alicyclic amines) is 1. The van der Waals surface area contributed by atoms with Gasteiger partial charge in [0.05, 0.1) is 18.0 Å². The molecule has 3 aromatic rings. The van der Waals surface area contributed by atoms with Gasteiger partial charge in [0, 0.05) is 29.9 Å². The summed E-state index contributed by atoms with van der Waals surface area (Å²) in [5.74, 6) is -4.13. The van der Waals surface area contributed by atoms with E-state index >= 15 is 0 Å². The average molecular weight is 535 g/mol. The number of hydrogen-bond acceptors (Lipinski definition) is 8. The highest BCUT2D eigenvalue weighted by atomic mass is 19.4. The van der Waals surface area contributed by atoms with Crippen LogP contribution in [0.3, 0.4) is 0 Å². The highest BCUT2D eigenvalue weighted by Gasteiger charge is 2.34. The summed E-state index contributed by atoms with van der Waals surface area (Å²) in [4.78, 5) is 47.6. The summed E-state index contributed by atoms with van der Waals surface area (Å²) in [6.45, 7) is 1.14. The molecule has 2 aromatic carbocycles. The Kier molecular flexibility index (Phi) is 8.42. The predicted octanol–water partition coefficient (Wildman–Crippen LogP) is 2.05. The van der Waals surface area contributed by atoms with Crippen molar-refractivity contribution in [3.8, 4) is 11.4 Å². The molecule has 1 aliphatic heterocycles. The van der Waals surface area contributed by atoms with Gasteiger partial charge in [-0.25, -0.2) is 9.59 Å². The first-order valence-electron chi connectivity index (χ1n) is 10.7. The summed E-state index contributed by atoms with van der Waals surface area (Å²) in [5.41, 5.74) is 5.50. The normalized spacial score (nSPS) is 13.6. The molecule has 1 saturated heterocycles. The number of hydrogen-bond donors (Lipinski definition) is 4. The molecule has 15 heteroatoms. The third-order valence-corrected chi connectivity index (χ3v) is 5.20. The lowest BCUT2D eigenvalue weighted by Crippen LogP contribution is -2.48. The number of nitrogens with one attached hydrogen (secondary N) is 1. The van der Waals surface area contributed by atoms with E-state index in [1.807, 2.05) is 4.90 Å². The van der Waals surface area contributed by atoms with Gasteiger partial charge in [0.25, 0.3) is 0 Å². The quantitative estimate of drug-likeness (QED) is 0.340. The first kappa shape index (κ1) is 27.8. The maximum atomic E-state index is 12.9. The summed E-state index contributed by atoms with van der Waals surface area (Å²) in [6, 6.07) is 10.9. The van der Waals surface area contributed by atoms with E-state index in [2.05, 4.69) is 15.5 Å². The van der Waals surface area contributed by atoms with E-state index in [1.54, 1.807) is 12.1 Å². The number of nitrogens with zero attached hydrogens (tertiary/aromatic N) is 3. The standard InChI is InChI=1S/C21H18F3N5O3.C2H2O4/c22-21(23,24)15-3-1-2-13(8-15)19-27-20(32-28-19)14-9-29(10-14)11-17(30)26-16-6-4-12(5-7-16)18(25)31;3-1(4)2(5)6/h1-8,14H,9-11H2,(H2,25,31)(H,26,30);(H,3,4)(H,5,6). The molecule has 0 spiro atoms. The monoisotopic (exact) mass is 535 g/mol. The maximum Gasteiger partial charge on any atom is 0.416 e. The molecular formula is C23H20F3N5O7. The smallest absolute Gasteiger partial charge is 0.416 e. The van der Waals surface area contributed by atoms with Crippen LogP contribution in [0.25, 0.3) is 11.4 Å². The van der Waals surface area contributed by atoms with Gasteiger partial charge in [-0.15, -0.1) is 0 Å². The molecular weight excluding hydrogens is 515 g/mol. The number of nitrogens with two attached hydrogens (primary N) is 1. The molecule has 38 heavy (non-hydrogen) atoms. The number of alkyl halides is 3. The molecule has 200 valence electrons. The molecule has 2 amide bonds. The highest BCUT2D eigenvalue weighted by Crippen LogP contribution is 2.32. The Morgan fingerprint density at radius 2 is 1.68 bits per heavy atom. The van der Waals surface area contributed by atoms with Crippen LogP contribution in [0.15, 0.2) is 53.1 Å². The second-order valence-electron chi connectivity index (χ2n) is 8.03. The lowest BCUT2D eigenvalue weighted by Gasteiger charge is -2.36. The van der Waals surface area contributed by atoms with Crippen LogP contribution in [0.4, 0.5) is 18.9 Å². The average Bonchev–Trinajstić information content (AvgIpc) is 3.31. The number of carbonyl (C=O) groups is 4. The van der Waals surface area contributed by atoms with E-state index in [-0.39, 0.29) is 29.8 Å². The van der Waals surface area contributed by atoms with Crippen LogP contribution in [0.2, 0.25) is 0 Å². The summed E-state index contributed by atoms with van der Waals surface area (Å²) in [7, 11) is 0. The maximum absolute atomic E-state index is 12.9. The van der Waals surface area contributed by atoms with Crippen molar-refractivity contribution in [3.63, 3.8) is 0 Å². The van der Waals surface area contributed by atoms with Crippen molar-refractivity contribution in [1.82, 2.24) is 15.0 Å². The van der Waals surface area contributed by atoms with Crippen LogP contribution < -0.4 is 11.1 Å². The van der Waals surface area contributed by atoms with Crippen molar-refractivity contribution in [2.75, 3.05) is 25.0 Å². The molecule has 0 radical (unpaired) electrons. The molecule has 0 unspecified atom stereocenters. The molecule has 4 rings (SSSR count). The minimum Gasteiger partial charge on any atom is -0.473 e. The number of carboxylic acids is 2. The van der Waals surface area contributed by atoms with Crippen molar-refractivity contribution >= 4 is 29.4 Å². The number of amides is 2. The molecule has 1 fully saturated rings. The fourth-order valence-electron chi connectivity index (χ4n) is 3.33. The molecule has 1 aromatic heterocycles. The van der Waals surface area contributed by atoms with Gasteiger partial charge in [0.1, 0.15) is 0 Å². The number of rotatable bonds is 6. The Labute approximate surface area is 211 Å². The van der Waals surface area contributed by atoms with E-state index in [9.17, 15) is 22.8 Å².